The Hall–Kier alpha value is -0.870. The van der Waals surface area contributed by atoms with Crippen molar-refractivity contribution in [1.29, 1.82) is 0 Å². The van der Waals surface area contributed by atoms with Crippen LogP contribution in [0.5, 0.6) is 0 Å². The summed E-state index contributed by atoms with van der Waals surface area (Å²) in [7, 11) is 0. The van der Waals surface area contributed by atoms with Gasteiger partial charge in [0.05, 0.1) is 10.6 Å². The summed E-state index contributed by atoms with van der Waals surface area (Å²) >= 11 is 1.73. The van der Waals surface area contributed by atoms with Crippen LogP contribution in [0.3, 0.4) is 0 Å². The van der Waals surface area contributed by atoms with E-state index in [2.05, 4.69) is 5.32 Å². The lowest BCUT2D eigenvalue weighted by Gasteiger charge is -2.20. The molecule has 0 aromatic carbocycles. The van der Waals surface area contributed by atoms with Crippen molar-refractivity contribution in [1.82, 2.24) is 0 Å². The zero-order valence-electron chi connectivity index (χ0n) is 12.3. The summed E-state index contributed by atoms with van der Waals surface area (Å²) in [5.74, 6) is 0.393. The molecule has 2 aliphatic carbocycles. The zero-order chi connectivity index (χ0) is 14.3. The lowest BCUT2D eigenvalue weighted by atomic mass is 9.90. The summed E-state index contributed by atoms with van der Waals surface area (Å²) in [5, 5.41) is 14.3. The fraction of sp³-hybridized carbons (Fsp3) is 0.688. The van der Waals surface area contributed by atoms with E-state index in [1.807, 2.05) is 13.8 Å². The van der Waals surface area contributed by atoms with Crippen LogP contribution in [0.25, 0.3) is 0 Å². The van der Waals surface area contributed by atoms with Crippen molar-refractivity contribution >= 4 is 22.2 Å². The van der Waals surface area contributed by atoms with E-state index >= 15 is 0 Å². The monoisotopic (exact) mass is 293 g/mol. The van der Waals surface area contributed by atoms with E-state index in [9.17, 15) is 9.90 Å². The molecule has 3 nitrogen and oxygen atoms in total. The van der Waals surface area contributed by atoms with Crippen molar-refractivity contribution in [3.63, 3.8) is 0 Å². The molecule has 1 aromatic heterocycles. The summed E-state index contributed by atoms with van der Waals surface area (Å²) < 4.78 is 0. The van der Waals surface area contributed by atoms with Crippen LogP contribution in [-0.2, 0) is 24.1 Å². The van der Waals surface area contributed by atoms with E-state index in [1.165, 1.54) is 28.8 Å². The van der Waals surface area contributed by atoms with Crippen molar-refractivity contribution in [3.05, 3.63) is 16.0 Å². The first-order chi connectivity index (χ1) is 9.44. The van der Waals surface area contributed by atoms with E-state index in [0.717, 1.165) is 30.7 Å². The molecule has 0 saturated heterocycles. The highest BCUT2D eigenvalue weighted by molar-refractivity contribution is 7.16. The Morgan fingerprint density at radius 3 is 2.70 bits per heavy atom. The largest absolute Gasteiger partial charge is 0.390 e. The van der Waals surface area contributed by atoms with Crippen LogP contribution in [0.2, 0.25) is 0 Å². The molecule has 2 N–H and O–H groups in total. The molecule has 0 bridgehead atoms. The third kappa shape index (κ3) is 3.07. The van der Waals surface area contributed by atoms with Gasteiger partial charge in [-0.1, -0.05) is 0 Å². The second-order valence-electron chi connectivity index (χ2n) is 6.77. The van der Waals surface area contributed by atoms with Gasteiger partial charge in [0.1, 0.15) is 0 Å². The van der Waals surface area contributed by atoms with Gasteiger partial charge in [0, 0.05) is 17.2 Å². The van der Waals surface area contributed by atoms with E-state index in [1.54, 1.807) is 11.3 Å². The first kappa shape index (κ1) is 14.1. The molecule has 1 amide bonds. The summed E-state index contributed by atoms with van der Waals surface area (Å²) in [4.78, 5) is 13.5. The Labute approximate surface area is 124 Å². The third-order valence-corrected chi connectivity index (χ3v) is 5.32. The highest BCUT2D eigenvalue weighted by atomic mass is 32.1. The van der Waals surface area contributed by atoms with Crippen LogP contribution >= 0.6 is 11.3 Å². The van der Waals surface area contributed by atoms with Gasteiger partial charge < -0.3 is 10.4 Å². The molecule has 3 rings (SSSR count). The summed E-state index contributed by atoms with van der Waals surface area (Å²) in [6.45, 7) is 3.68. The minimum atomic E-state index is -0.731. The number of aliphatic hydroxyl groups is 1. The normalized spacial score (nSPS) is 18.8. The predicted molar refractivity (Wildman–Crippen MR) is 82.3 cm³/mol. The van der Waals surface area contributed by atoms with Crippen molar-refractivity contribution in [2.24, 2.45) is 5.92 Å². The maximum atomic E-state index is 12.0. The average Bonchev–Trinajstić information content (AvgIpc) is 3.15. The van der Waals surface area contributed by atoms with Gasteiger partial charge in [0.25, 0.3) is 0 Å². The Morgan fingerprint density at radius 2 is 2.05 bits per heavy atom. The summed E-state index contributed by atoms with van der Waals surface area (Å²) in [6.07, 6.45) is 7.35. The molecule has 1 saturated carbocycles. The lowest BCUT2D eigenvalue weighted by Crippen LogP contribution is -2.24. The first-order valence-corrected chi connectivity index (χ1v) is 8.42. The van der Waals surface area contributed by atoms with Crippen LogP contribution in [0.1, 0.15) is 55.5 Å². The summed E-state index contributed by atoms with van der Waals surface area (Å²) in [6, 6.07) is 0. The van der Waals surface area contributed by atoms with Gasteiger partial charge in [0.15, 0.2) is 0 Å². The molecule has 110 valence electrons. The van der Waals surface area contributed by atoms with Crippen molar-refractivity contribution in [3.8, 4) is 0 Å². The van der Waals surface area contributed by atoms with Crippen LogP contribution in [0.4, 0.5) is 5.00 Å². The van der Waals surface area contributed by atoms with Crippen molar-refractivity contribution in [2.45, 2.75) is 64.4 Å². The van der Waals surface area contributed by atoms with Gasteiger partial charge in [-0.3, -0.25) is 4.79 Å². The molecule has 0 unspecified atom stereocenters. The minimum Gasteiger partial charge on any atom is -0.390 e. The van der Waals surface area contributed by atoms with E-state index in [0.29, 0.717) is 6.42 Å². The molecule has 0 atom stereocenters. The fourth-order valence-electron chi connectivity index (χ4n) is 2.91. The molecular weight excluding hydrogens is 270 g/mol. The number of carbonyl (C=O) groups excluding carboxylic acids is 1. The number of amides is 1. The Kier molecular flexibility index (Phi) is 3.63. The van der Waals surface area contributed by atoms with Gasteiger partial charge in [-0.15, -0.1) is 11.3 Å². The number of rotatable bonds is 4. The van der Waals surface area contributed by atoms with Crippen molar-refractivity contribution < 1.29 is 9.90 Å². The van der Waals surface area contributed by atoms with E-state index in [-0.39, 0.29) is 11.8 Å². The number of nitrogens with one attached hydrogen (secondary N) is 1. The molecular formula is C16H23NO2S. The highest BCUT2D eigenvalue weighted by Crippen LogP contribution is 2.41. The van der Waals surface area contributed by atoms with Crippen LogP contribution in [-0.4, -0.2) is 16.6 Å². The molecule has 0 aliphatic heterocycles. The molecule has 20 heavy (non-hydrogen) atoms. The molecule has 2 aliphatic rings. The number of thiophene rings is 1. The Balaban J connectivity index is 1.90. The van der Waals surface area contributed by atoms with Gasteiger partial charge in [-0.2, -0.15) is 0 Å². The van der Waals surface area contributed by atoms with E-state index in [4.69, 9.17) is 0 Å². The minimum absolute atomic E-state index is 0.167. The van der Waals surface area contributed by atoms with Crippen LogP contribution < -0.4 is 5.32 Å². The number of fused-ring (bicyclic) bond motifs is 1. The van der Waals surface area contributed by atoms with Gasteiger partial charge >= 0.3 is 0 Å². The quantitative estimate of drug-likeness (QED) is 0.895. The van der Waals surface area contributed by atoms with Gasteiger partial charge in [-0.05, 0) is 63.5 Å². The van der Waals surface area contributed by atoms with Gasteiger partial charge in [-0.25, -0.2) is 0 Å². The van der Waals surface area contributed by atoms with Gasteiger partial charge in [0.2, 0.25) is 5.91 Å². The number of hydrogen-bond donors (Lipinski definition) is 2. The molecule has 4 heteroatoms. The Bertz CT molecular complexity index is 523. The average molecular weight is 293 g/mol. The van der Waals surface area contributed by atoms with Crippen molar-refractivity contribution in [2.75, 3.05) is 5.32 Å². The van der Waals surface area contributed by atoms with Crippen LogP contribution in [0.15, 0.2) is 0 Å². The predicted octanol–water partition coefficient (Wildman–Crippen LogP) is 3.29. The lowest BCUT2D eigenvalue weighted by molar-refractivity contribution is -0.117. The molecule has 0 spiro atoms. The second kappa shape index (κ2) is 5.15. The van der Waals surface area contributed by atoms with Crippen LogP contribution in [0, 0.1) is 5.92 Å². The van der Waals surface area contributed by atoms with E-state index < -0.39 is 5.60 Å². The first-order valence-electron chi connectivity index (χ1n) is 7.61. The number of aryl methyl sites for hydroxylation is 1. The topological polar surface area (TPSA) is 49.3 Å². The third-order valence-electron chi connectivity index (χ3n) is 4.08. The Morgan fingerprint density at radius 1 is 1.35 bits per heavy atom. The standard InChI is InChI=1S/C16H23NO2S/c1-16(2,19)9-12-11-5-3-4-6-13(11)20-15(12)17-14(18)10-7-8-10/h10,19H,3-9H2,1-2H3,(H,17,18). The number of carbonyl (C=O) groups is 1. The number of anilines is 1. The molecule has 1 aromatic rings. The SMILES string of the molecule is CC(C)(O)Cc1c(NC(=O)C2CC2)sc2c1CCCC2. The zero-order valence-corrected chi connectivity index (χ0v) is 13.1. The smallest absolute Gasteiger partial charge is 0.228 e. The highest BCUT2D eigenvalue weighted by Gasteiger charge is 2.32. The molecule has 0 radical (unpaired) electrons. The molecule has 1 fully saturated rings. The maximum Gasteiger partial charge on any atom is 0.228 e. The number of hydrogen-bond acceptors (Lipinski definition) is 3. The second-order valence-corrected chi connectivity index (χ2v) is 7.88. The summed E-state index contributed by atoms with van der Waals surface area (Å²) in [5.41, 5.74) is 1.85. The fourth-order valence-corrected chi connectivity index (χ4v) is 4.22. The molecule has 1 heterocycles. The maximum absolute atomic E-state index is 12.0.